The van der Waals surface area contributed by atoms with Crippen LogP contribution in [0.4, 0.5) is 5.82 Å². The molecule has 1 unspecified atom stereocenters. The Morgan fingerprint density at radius 2 is 2.24 bits per heavy atom. The Morgan fingerprint density at radius 1 is 1.52 bits per heavy atom. The zero-order chi connectivity index (χ0) is 15.6. The molecule has 6 nitrogen and oxygen atoms in total. The van der Waals surface area contributed by atoms with Gasteiger partial charge in [0.05, 0.1) is 5.41 Å². The molecule has 1 fully saturated rings. The van der Waals surface area contributed by atoms with Gasteiger partial charge in [-0.1, -0.05) is 0 Å². The highest BCUT2D eigenvalue weighted by molar-refractivity contribution is 5.74. The van der Waals surface area contributed by atoms with Crippen molar-refractivity contribution in [2.75, 3.05) is 18.0 Å². The molecule has 0 amide bonds. The lowest BCUT2D eigenvalue weighted by molar-refractivity contribution is -0.150. The van der Waals surface area contributed by atoms with Crippen molar-refractivity contribution in [1.29, 1.82) is 0 Å². The second-order valence-electron chi connectivity index (χ2n) is 6.15. The molecule has 1 aromatic heterocycles. The third-order valence-electron chi connectivity index (χ3n) is 4.53. The fourth-order valence-electron chi connectivity index (χ4n) is 2.83. The van der Waals surface area contributed by atoms with Crippen molar-refractivity contribution in [3.8, 4) is 0 Å². The van der Waals surface area contributed by atoms with Crippen molar-refractivity contribution in [2.45, 2.75) is 40.2 Å². The lowest BCUT2D eigenvalue weighted by Gasteiger charge is -2.39. The highest BCUT2D eigenvalue weighted by Gasteiger charge is 2.39. The maximum atomic E-state index is 12.3. The Kier molecular flexibility index (Phi) is 4.34. The number of aliphatic carboxylic acids is 1. The van der Waals surface area contributed by atoms with Crippen LogP contribution < -0.4 is 10.5 Å². The van der Waals surface area contributed by atoms with Gasteiger partial charge in [0.2, 0.25) is 0 Å². The summed E-state index contributed by atoms with van der Waals surface area (Å²) >= 11 is 0. The molecular weight excluding hydrogens is 270 g/mol. The predicted octanol–water partition coefficient (Wildman–Crippen LogP) is 1.59. The molecule has 1 aliphatic heterocycles. The molecule has 1 saturated heterocycles. The van der Waals surface area contributed by atoms with E-state index in [0.29, 0.717) is 18.9 Å². The second kappa shape index (κ2) is 5.87. The molecule has 1 N–H and O–H groups in total. The summed E-state index contributed by atoms with van der Waals surface area (Å²) in [5.41, 5.74) is -0.897. The zero-order valence-corrected chi connectivity index (χ0v) is 12.9. The third kappa shape index (κ3) is 2.94. The lowest BCUT2D eigenvalue weighted by Crippen LogP contribution is -2.46. The summed E-state index contributed by atoms with van der Waals surface area (Å²) in [5, 5.41) is 9.39. The van der Waals surface area contributed by atoms with Crippen molar-refractivity contribution in [1.82, 2.24) is 9.55 Å². The number of carbonyl (C=O) groups is 1. The molecule has 0 saturated carbocycles. The van der Waals surface area contributed by atoms with Crippen molar-refractivity contribution in [3.63, 3.8) is 0 Å². The SMILES string of the molecule is CCn1ccnc(N2CCCC(C(C)(C)C(=O)O)C2)c1=O. The van der Waals surface area contributed by atoms with E-state index in [1.165, 1.54) is 0 Å². The zero-order valence-electron chi connectivity index (χ0n) is 12.9. The van der Waals surface area contributed by atoms with E-state index >= 15 is 0 Å². The summed E-state index contributed by atoms with van der Waals surface area (Å²) in [6.45, 7) is 7.35. The van der Waals surface area contributed by atoms with Gasteiger partial charge in [0.15, 0.2) is 5.82 Å². The molecule has 2 heterocycles. The molecule has 0 spiro atoms. The average Bonchev–Trinajstić information content (AvgIpc) is 2.47. The Balaban J connectivity index is 2.26. The number of hydrogen-bond donors (Lipinski definition) is 1. The minimum Gasteiger partial charge on any atom is -0.481 e. The molecule has 0 aliphatic carbocycles. The standard InChI is InChI=1S/C15H23N3O3/c1-4-17-9-7-16-12(13(17)19)18-8-5-6-11(10-18)15(2,3)14(20)21/h7,9,11H,4-6,8,10H2,1-3H3,(H,20,21). The summed E-state index contributed by atoms with van der Waals surface area (Å²) in [6.07, 6.45) is 5.05. The van der Waals surface area contributed by atoms with Gasteiger partial charge < -0.3 is 14.6 Å². The summed E-state index contributed by atoms with van der Waals surface area (Å²) in [5.74, 6) is -0.341. The first-order valence-corrected chi connectivity index (χ1v) is 7.41. The van der Waals surface area contributed by atoms with E-state index in [1.54, 1.807) is 30.8 Å². The maximum Gasteiger partial charge on any atom is 0.309 e. The molecule has 21 heavy (non-hydrogen) atoms. The molecule has 6 heteroatoms. The molecular formula is C15H23N3O3. The van der Waals surface area contributed by atoms with Gasteiger partial charge in [-0.05, 0) is 39.5 Å². The van der Waals surface area contributed by atoms with Crippen LogP contribution in [0.25, 0.3) is 0 Å². The van der Waals surface area contributed by atoms with Crippen LogP contribution in [0.5, 0.6) is 0 Å². The second-order valence-corrected chi connectivity index (χ2v) is 6.15. The minimum atomic E-state index is -0.794. The van der Waals surface area contributed by atoms with Gasteiger partial charge >= 0.3 is 5.97 Å². The van der Waals surface area contributed by atoms with Gasteiger partial charge in [0.1, 0.15) is 0 Å². The van der Waals surface area contributed by atoms with Gasteiger partial charge in [0, 0.05) is 32.0 Å². The number of aryl methyl sites for hydroxylation is 1. The molecule has 0 bridgehead atoms. The van der Waals surface area contributed by atoms with E-state index in [1.807, 2.05) is 11.8 Å². The van der Waals surface area contributed by atoms with E-state index < -0.39 is 11.4 Å². The first kappa shape index (κ1) is 15.5. The van der Waals surface area contributed by atoms with Crippen LogP contribution in [-0.4, -0.2) is 33.7 Å². The van der Waals surface area contributed by atoms with E-state index in [4.69, 9.17) is 0 Å². The quantitative estimate of drug-likeness (QED) is 0.912. The third-order valence-corrected chi connectivity index (χ3v) is 4.53. The number of hydrogen-bond acceptors (Lipinski definition) is 4. The van der Waals surface area contributed by atoms with Crippen LogP contribution in [0.2, 0.25) is 0 Å². The summed E-state index contributed by atoms with van der Waals surface area (Å²) < 4.78 is 1.62. The first-order chi connectivity index (χ1) is 9.87. The van der Waals surface area contributed by atoms with Crippen molar-refractivity contribution in [3.05, 3.63) is 22.7 Å². The fraction of sp³-hybridized carbons (Fsp3) is 0.667. The first-order valence-electron chi connectivity index (χ1n) is 7.41. The summed E-state index contributed by atoms with van der Waals surface area (Å²) in [6, 6.07) is 0. The van der Waals surface area contributed by atoms with Crippen LogP contribution in [0, 0.1) is 11.3 Å². The Labute approximate surface area is 124 Å². The topological polar surface area (TPSA) is 75.4 Å². The Morgan fingerprint density at radius 3 is 2.86 bits per heavy atom. The van der Waals surface area contributed by atoms with Crippen molar-refractivity contribution < 1.29 is 9.90 Å². The van der Waals surface area contributed by atoms with E-state index in [2.05, 4.69) is 4.98 Å². The molecule has 2 rings (SSSR count). The number of anilines is 1. The number of carboxylic acid groups (broad SMARTS) is 1. The molecule has 1 atom stereocenters. The highest BCUT2D eigenvalue weighted by Crippen LogP contribution is 2.34. The normalized spacial score (nSPS) is 19.6. The van der Waals surface area contributed by atoms with E-state index in [0.717, 1.165) is 19.4 Å². The molecule has 1 aliphatic rings. The maximum absolute atomic E-state index is 12.3. The largest absolute Gasteiger partial charge is 0.481 e. The predicted molar refractivity (Wildman–Crippen MR) is 80.5 cm³/mol. The monoisotopic (exact) mass is 293 g/mol. The van der Waals surface area contributed by atoms with Crippen molar-refractivity contribution >= 4 is 11.8 Å². The van der Waals surface area contributed by atoms with Gasteiger partial charge in [-0.15, -0.1) is 0 Å². The average molecular weight is 293 g/mol. The fourth-order valence-corrected chi connectivity index (χ4v) is 2.83. The van der Waals surface area contributed by atoms with Crippen LogP contribution in [0.3, 0.4) is 0 Å². The van der Waals surface area contributed by atoms with Crippen LogP contribution in [0.15, 0.2) is 17.2 Å². The number of aromatic nitrogens is 2. The van der Waals surface area contributed by atoms with Crippen LogP contribution in [0.1, 0.15) is 33.6 Å². The van der Waals surface area contributed by atoms with Gasteiger partial charge in [0.25, 0.3) is 5.56 Å². The van der Waals surface area contributed by atoms with Gasteiger partial charge in [-0.2, -0.15) is 0 Å². The van der Waals surface area contributed by atoms with E-state index in [-0.39, 0.29) is 11.5 Å². The smallest absolute Gasteiger partial charge is 0.309 e. The van der Waals surface area contributed by atoms with Crippen LogP contribution >= 0.6 is 0 Å². The molecule has 0 radical (unpaired) electrons. The van der Waals surface area contributed by atoms with Crippen molar-refractivity contribution in [2.24, 2.45) is 11.3 Å². The Bertz CT molecular complexity index is 580. The number of nitrogens with zero attached hydrogens (tertiary/aromatic N) is 3. The number of carboxylic acids is 1. The van der Waals surface area contributed by atoms with Gasteiger partial charge in [-0.25, -0.2) is 4.98 Å². The van der Waals surface area contributed by atoms with Crippen LogP contribution in [-0.2, 0) is 11.3 Å². The number of rotatable bonds is 4. The summed E-state index contributed by atoms with van der Waals surface area (Å²) in [4.78, 5) is 29.9. The van der Waals surface area contributed by atoms with Gasteiger partial charge in [-0.3, -0.25) is 9.59 Å². The van der Waals surface area contributed by atoms with E-state index in [9.17, 15) is 14.7 Å². The molecule has 1 aromatic rings. The molecule has 0 aromatic carbocycles. The molecule has 116 valence electrons. The summed E-state index contributed by atoms with van der Waals surface area (Å²) in [7, 11) is 0. The number of piperidine rings is 1. The highest BCUT2D eigenvalue weighted by atomic mass is 16.4. The lowest BCUT2D eigenvalue weighted by atomic mass is 9.74. The Hall–Kier alpha value is -1.85. The minimum absolute atomic E-state index is 0.0141.